The van der Waals surface area contributed by atoms with Gasteiger partial charge in [0.2, 0.25) is 0 Å². The van der Waals surface area contributed by atoms with E-state index in [9.17, 15) is 35.9 Å². The molecule has 0 radical (unpaired) electrons. The van der Waals surface area contributed by atoms with Crippen LogP contribution in [0.2, 0.25) is 0 Å². The third-order valence-electron chi connectivity index (χ3n) is 3.56. The summed E-state index contributed by atoms with van der Waals surface area (Å²) in [6, 6.07) is 6.38. The van der Waals surface area contributed by atoms with Crippen LogP contribution in [-0.4, -0.2) is 18.3 Å². The van der Waals surface area contributed by atoms with Gasteiger partial charge in [-0.2, -0.15) is 26.3 Å². The van der Waals surface area contributed by atoms with E-state index in [-0.39, 0.29) is 24.0 Å². The van der Waals surface area contributed by atoms with Crippen LogP contribution in [0.4, 0.5) is 26.3 Å². The molecule has 0 aliphatic heterocycles. The number of ether oxygens (including phenoxy) is 1. The Balaban J connectivity index is 2.24. The molecule has 0 fully saturated rings. The summed E-state index contributed by atoms with van der Waals surface area (Å²) in [5, 5.41) is 0. The Bertz CT molecular complexity index is 898. The number of benzene rings is 2. The minimum atomic E-state index is -4.98. The molecule has 0 atom stereocenters. The maximum Gasteiger partial charge on any atom is 0.416 e. The zero-order chi connectivity index (χ0) is 21.8. The van der Waals surface area contributed by atoms with Gasteiger partial charge in [0.25, 0.3) is 5.91 Å². The minimum Gasteiger partial charge on any atom is -0.484 e. The molecular formula is C19H13F6NO3. The van der Waals surface area contributed by atoms with Crippen molar-refractivity contribution >= 4 is 17.8 Å². The summed E-state index contributed by atoms with van der Waals surface area (Å²) in [4.78, 5) is 22.7. The molecule has 29 heavy (non-hydrogen) atoms. The van der Waals surface area contributed by atoms with E-state index in [0.29, 0.717) is 12.1 Å². The van der Waals surface area contributed by atoms with Gasteiger partial charge in [0.05, 0.1) is 11.1 Å². The van der Waals surface area contributed by atoms with Crippen molar-refractivity contribution in [2.24, 2.45) is 5.73 Å². The van der Waals surface area contributed by atoms with Crippen LogP contribution >= 0.6 is 0 Å². The lowest BCUT2D eigenvalue weighted by Crippen LogP contribution is -2.19. The smallest absolute Gasteiger partial charge is 0.416 e. The molecule has 0 saturated heterocycles. The highest BCUT2D eigenvalue weighted by atomic mass is 19.4. The van der Waals surface area contributed by atoms with Crippen molar-refractivity contribution in [3.63, 3.8) is 0 Å². The van der Waals surface area contributed by atoms with Gasteiger partial charge >= 0.3 is 12.4 Å². The molecule has 4 nitrogen and oxygen atoms in total. The molecule has 0 heterocycles. The number of amides is 1. The fourth-order valence-corrected chi connectivity index (χ4v) is 2.21. The van der Waals surface area contributed by atoms with Gasteiger partial charge in [-0.25, -0.2) is 0 Å². The summed E-state index contributed by atoms with van der Waals surface area (Å²) in [6.07, 6.45) is -8.23. The minimum absolute atomic E-state index is 0.00394. The number of ketones is 1. The Kier molecular flexibility index (Phi) is 6.35. The van der Waals surface area contributed by atoms with E-state index in [1.165, 1.54) is 24.3 Å². The van der Waals surface area contributed by atoms with E-state index in [2.05, 4.69) is 0 Å². The third kappa shape index (κ3) is 6.37. The van der Waals surface area contributed by atoms with E-state index in [4.69, 9.17) is 10.5 Å². The fraction of sp³-hybridized carbons (Fsp3) is 0.158. The van der Waals surface area contributed by atoms with E-state index in [0.717, 1.165) is 12.2 Å². The van der Waals surface area contributed by atoms with Gasteiger partial charge in [-0.1, -0.05) is 6.08 Å². The lowest BCUT2D eigenvalue weighted by Gasteiger charge is -2.12. The topological polar surface area (TPSA) is 69.4 Å². The van der Waals surface area contributed by atoms with Crippen LogP contribution < -0.4 is 10.5 Å². The summed E-state index contributed by atoms with van der Waals surface area (Å²) in [5.74, 6) is -1.11. The number of carbonyl (C=O) groups is 2. The van der Waals surface area contributed by atoms with Gasteiger partial charge in [-0.3, -0.25) is 9.59 Å². The van der Waals surface area contributed by atoms with Crippen LogP contribution in [0.5, 0.6) is 5.75 Å². The summed E-state index contributed by atoms with van der Waals surface area (Å²) in [5.41, 5.74) is 1.65. The first-order valence-corrected chi connectivity index (χ1v) is 7.89. The molecule has 10 heteroatoms. The number of halogens is 6. The van der Waals surface area contributed by atoms with Crippen molar-refractivity contribution in [2.45, 2.75) is 12.4 Å². The second-order valence-electron chi connectivity index (χ2n) is 5.82. The average molecular weight is 417 g/mol. The fourth-order valence-electron chi connectivity index (χ4n) is 2.21. The Labute approximate surface area is 160 Å². The largest absolute Gasteiger partial charge is 0.484 e. The van der Waals surface area contributed by atoms with Gasteiger partial charge in [-0.05, 0) is 54.1 Å². The van der Waals surface area contributed by atoms with Gasteiger partial charge in [0.15, 0.2) is 12.4 Å². The first-order valence-electron chi connectivity index (χ1n) is 7.89. The molecule has 2 N–H and O–H groups in total. The van der Waals surface area contributed by atoms with E-state index in [1.54, 1.807) is 0 Å². The summed E-state index contributed by atoms with van der Waals surface area (Å²) in [7, 11) is 0. The highest BCUT2D eigenvalue weighted by Crippen LogP contribution is 2.36. The number of hydrogen-bond acceptors (Lipinski definition) is 3. The Hall–Kier alpha value is -3.30. The number of primary amides is 1. The average Bonchev–Trinajstić information content (AvgIpc) is 2.63. The molecular weight excluding hydrogens is 404 g/mol. The Morgan fingerprint density at radius 2 is 1.41 bits per heavy atom. The van der Waals surface area contributed by atoms with Gasteiger partial charge < -0.3 is 10.5 Å². The second kappa shape index (κ2) is 8.38. The normalized spacial score (nSPS) is 12.2. The molecule has 2 rings (SSSR count). The number of allylic oxidation sites excluding steroid dienone is 1. The predicted molar refractivity (Wildman–Crippen MR) is 90.9 cm³/mol. The van der Waals surface area contributed by atoms with Crippen molar-refractivity contribution in [2.75, 3.05) is 6.61 Å². The standard InChI is InChI=1S/C19H13F6NO3/c20-18(21,22)13-7-11(8-14(9-13)19(23,24)25)1-6-16(27)12-2-4-15(5-3-12)29-10-17(26)28/h1-9H,10H2,(H2,26,28)/b6-1+. The van der Waals surface area contributed by atoms with Gasteiger partial charge in [0.1, 0.15) is 5.75 Å². The predicted octanol–water partition coefficient (Wildman–Crippen LogP) is 4.48. The maximum absolute atomic E-state index is 12.9. The zero-order valence-corrected chi connectivity index (χ0v) is 14.5. The Morgan fingerprint density at radius 3 is 1.86 bits per heavy atom. The van der Waals surface area contributed by atoms with Crippen LogP contribution in [0.15, 0.2) is 48.5 Å². The lowest BCUT2D eigenvalue weighted by atomic mass is 10.0. The van der Waals surface area contributed by atoms with E-state index in [1.807, 2.05) is 0 Å². The number of hydrogen-bond donors (Lipinski definition) is 1. The molecule has 2 aromatic carbocycles. The molecule has 0 aliphatic carbocycles. The summed E-state index contributed by atoms with van der Waals surface area (Å²) in [6.45, 7) is -0.371. The summed E-state index contributed by atoms with van der Waals surface area (Å²) < 4.78 is 82.1. The van der Waals surface area contributed by atoms with Crippen LogP contribution in [0.1, 0.15) is 27.0 Å². The summed E-state index contributed by atoms with van der Waals surface area (Å²) >= 11 is 0. The van der Waals surface area contributed by atoms with Crippen LogP contribution in [0.3, 0.4) is 0 Å². The number of rotatable bonds is 6. The van der Waals surface area contributed by atoms with E-state index >= 15 is 0 Å². The van der Waals surface area contributed by atoms with Crippen molar-refractivity contribution in [3.8, 4) is 5.75 Å². The molecule has 1 amide bonds. The second-order valence-corrected chi connectivity index (χ2v) is 5.82. The van der Waals surface area contributed by atoms with Gasteiger partial charge in [-0.15, -0.1) is 0 Å². The molecule has 2 aromatic rings. The molecule has 0 saturated carbocycles. The van der Waals surface area contributed by atoms with Crippen LogP contribution in [0, 0.1) is 0 Å². The molecule has 0 aliphatic rings. The third-order valence-corrected chi connectivity index (χ3v) is 3.56. The molecule has 0 aromatic heterocycles. The molecule has 0 unspecified atom stereocenters. The molecule has 154 valence electrons. The van der Waals surface area contributed by atoms with E-state index < -0.39 is 40.7 Å². The molecule has 0 spiro atoms. The number of alkyl halides is 6. The monoisotopic (exact) mass is 417 g/mol. The van der Waals surface area contributed by atoms with Gasteiger partial charge in [0, 0.05) is 5.56 Å². The highest BCUT2D eigenvalue weighted by molar-refractivity contribution is 6.06. The van der Waals surface area contributed by atoms with Crippen molar-refractivity contribution in [3.05, 3.63) is 70.8 Å². The van der Waals surface area contributed by atoms with Crippen LogP contribution in [-0.2, 0) is 17.1 Å². The Morgan fingerprint density at radius 1 is 0.897 bits per heavy atom. The zero-order valence-electron chi connectivity index (χ0n) is 14.5. The maximum atomic E-state index is 12.9. The first kappa shape index (κ1) is 22.0. The SMILES string of the molecule is NC(=O)COc1ccc(C(=O)/C=C/c2cc(C(F)(F)F)cc(C(F)(F)F)c2)cc1. The number of carbonyl (C=O) groups excluding carboxylic acids is 2. The quantitative estimate of drug-likeness (QED) is 0.428. The highest BCUT2D eigenvalue weighted by Gasteiger charge is 2.36. The molecule has 0 bridgehead atoms. The van der Waals surface area contributed by atoms with Crippen molar-refractivity contribution in [1.82, 2.24) is 0 Å². The lowest BCUT2D eigenvalue weighted by molar-refractivity contribution is -0.143. The number of nitrogens with two attached hydrogens (primary N) is 1. The van der Waals surface area contributed by atoms with Crippen molar-refractivity contribution < 1.29 is 40.7 Å². The first-order chi connectivity index (χ1) is 13.4. The van der Waals surface area contributed by atoms with Crippen molar-refractivity contribution in [1.29, 1.82) is 0 Å². The van der Waals surface area contributed by atoms with Crippen LogP contribution in [0.25, 0.3) is 6.08 Å².